The zero-order valence-corrected chi connectivity index (χ0v) is 10.4. The van der Waals surface area contributed by atoms with Crippen LogP contribution in [0, 0.1) is 26.7 Å². The van der Waals surface area contributed by atoms with Crippen LogP contribution in [-0.2, 0) is 0 Å². The van der Waals surface area contributed by atoms with Crippen molar-refractivity contribution < 1.29 is 0 Å². The van der Waals surface area contributed by atoms with E-state index in [9.17, 15) is 0 Å². The lowest BCUT2D eigenvalue weighted by atomic mass is 10.0. The van der Waals surface area contributed by atoms with Gasteiger partial charge >= 0.3 is 0 Å². The van der Waals surface area contributed by atoms with E-state index in [1.807, 2.05) is 5.01 Å². The topological polar surface area (TPSA) is 41.6 Å². The third-order valence-corrected chi connectivity index (χ3v) is 3.08. The van der Waals surface area contributed by atoms with Gasteiger partial charge in [0.25, 0.3) is 0 Å². The van der Waals surface area contributed by atoms with Gasteiger partial charge in [-0.05, 0) is 31.9 Å². The molecule has 16 heavy (non-hydrogen) atoms. The molecule has 0 radical (unpaired) electrons. The van der Waals surface area contributed by atoms with E-state index in [1.54, 1.807) is 0 Å². The molecule has 1 unspecified atom stereocenters. The number of nitrogens with two attached hydrogens (primary N) is 1. The highest BCUT2D eigenvalue weighted by Crippen LogP contribution is 2.29. The van der Waals surface area contributed by atoms with Gasteiger partial charge < -0.3 is 5.73 Å². The third kappa shape index (κ3) is 1.77. The van der Waals surface area contributed by atoms with Crippen molar-refractivity contribution in [3.63, 3.8) is 0 Å². The second-order valence-electron chi connectivity index (χ2n) is 4.76. The standard InChI is InChI=1S/C13H19N3/c1-8-5-9(2)12(10(3)6-8)16-7-11(4)13(14)15-16/h5-6,11H,7H2,1-4H3,(H2,14,15). The molecule has 1 aromatic rings. The lowest BCUT2D eigenvalue weighted by Gasteiger charge is -2.20. The zero-order valence-electron chi connectivity index (χ0n) is 10.4. The van der Waals surface area contributed by atoms with E-state index in [0.29, 0.717) is 5.92 Å². The molecule has 0 saturated carbocycles. The van der Waals surface area contributed by atoms with Crippen molar-refractivity contribution in [3.05, 3.63) is 28.8 Å². The summed E-state index contributed by atoms with van der Waals surface area (Å²) in [4.78, 5) is 0. The Morgan fingerprint density at radius 2 is 1.81 bits per heavy atom. The predicted octanol–water partition coefficient (Wildman–Crippen LogP) is 2.34. The highest BCUT2D eigenvalue weighted by atomic mass is 15.5. The number of anilines is 1. The van der Waals surface area contributed by atoms with Crippen LogP contribution in [0.3, 0.4) is 0 Å². The molecule has 1 atom stereocenters. The Kier molecular flexibility index (Phi) is 2.62. The van der Waals surface area contributed by atoms with Crippen LogP contribution >= 0.6 is 0 Å². The van der Waals surface area contributed by atoms with E-state index in [4.69, 9.17) is 5.73 Å². The summed E-state index contributed by atoms with van der Waals surface area (Å²) in [7, 11) is 0. The summed E-state index contributed by atoms with van der Waals surface area (Å²) in [5.74, 6) is 1.08. The van der Waals surface area contributed by atoms with E-state index in [0.717, 1.165) is 12.4 Å². The lowest BCUT2D eigenvalue weighted by molar-refractivity contribution is 0.769. The molecule has 0 amide bonds. The van der Waals surface area contributed by atoms with Crippen LogP contribution in [0.25, 0.3) is 0 Å². The van der Waals surface area contributed by atoms with Gasteiger partial charge in [0.1, 0.15) is 5.84 Å². The Morgan fingerprint density at radius 1 is 1.25 bits per heavy atom. The first kappa shape index (κ1) is 11.0. The van der Waals surface area contributed by atoms with E-state index in [-0.39, 0.29) is 0 Å². The summed E-state index contributed by atoms with van der Waals surface area (Å²) in [6.07, 6.45) is 0. The summed E-state index contributed by atoms with van der Waals surface area (Å²) in [5.41, 5.74) is 10.9. The lowest BCUT2D eigenvalue weighted by Crippen LogP contribution is -2.21. The number of benzene rings is 1. The summed E-state index contributed by atoms with van der Waals surface area (Å²) < 4.78 is 0. The molecule has 3 nitrogen and oxygen atoms in total. The number of nitrogens with zero attached hydrogens (tertiary/aromatic N) is 2. The Balaban J connectivity index is 2.43. The van der Waals surface area contributed by atoms with E-state index in [2.05, 4.69) is 44.9 Å². The summed E-state index contributed by atoms with van der Waals surface area (Å²) in [6, 6.07) is 4.38. The minimum Gasteiger partial charge on any atom is -0.385 e. The average Bonchev–Trinajstić information content (AvgIpc) is 2.44. The van der Waals surface area contributed by atoms with Gasteiger partial charge in [-0.25, -0.2) is 0 Å². The molecule has 1 heterocycles. The van der Waals surface area contributed by atoms with Crippen molar-refractivity contribution in [3.8, 4) is 0 Å². The maximum absolute atomic E-state index is 5.84. The number of rotatable bonds is 1. The van der Waals surface area contributed by atoms with Crippen LogP contribution in [0.4, 0.5) is 5.69 Å². The molecule has 0 spiro atoms. The van der Waals surface area contributed by atoms with Crippen molar-refractivity contribution in [2.75, 3.05) is 11.6 Å². The number of hydrogen-bond donors (Lipinski definition) is 1. The Hall–Kier alpha value is -1.51. The van der Waals surface area contributed by atoms with Crippen LogP contribution in [0.5, 0.6) is 0 Å². The molecule has 2 rings (SSSR count). The maximum atomic E-state index is 5.84. The second kappa shape index (κ2) is 3.81. The minimum atomic E-state index is 0.347. The monoisotopic (exact) mass is 217 g/mol. The summed E-state index contributed by atoms with van der Waals surface area (Å²) in [6.45, 7) is 9.37. The molecule has 2 N–H and O–H groups in total. The van der Waals surface area contributed by atoms with E-state index >= 15 is 0 Å². The predicted molar refractivity (Wildman–Crippen MR) is 68.8 cm³/mol. The van der Waals surface area contributed by atoms with Crippen LogP contribution in [-0.4, -0.2) is 12.4 Å². The molecule has 0 bridgehead atoms. The molecular weight excluding hydrogens is 198 g/mol. The van der Waals surface area contributed by atoms with Gasteiger partial charge in [-0.2, -0.15) is 5.10 Å². The number of hydrogen-bond acceptors (Lipinski definition) is 3. The largest absolute Gasteiger partial charge is 0.385 e. The molecule has 0 saturated heterocycles. The van der Waals surface area contributed by atoms with Crippen LogP contribution in [0.1, 0.15) is 23.6 Å². The van der Waals surface area contributed by atoms with Gasteiger partial charge in [0.05, 0.1) is 12.2 Å². The molecule has 1 aromatic carbocycles. The first-order valence-electron chi connectivity index (χ1n) is 5.68. The SMILES string of the molecule is Cc1cc(C)c(N2CC(C)C(N)=N2)c(C)c1. The van der Waals surface area contributed by atoms with E-state index in [1.165, 1.54) is 22.4 Å². The van der Waals surface area contributed by atoms with E-state index < -0.39 is 0 Å². The highest BCUT2D eigenvalue weighted by Gasteiger charge is 2.23. The third-order valence-electron chi connectivity index (χ3n) is 3.08. The van der Waals surface area contributed by atoms with Crippen LogP contribution < -0.4 is 10.7 Å². The zero-order chi connectivity index (χ0) is 11.9. The molecule has 0 fully saturated rings. The van der Waals surface area contributed by atoms with Crippen LogP contribution in [0.15, 0.2) is 17.2 Å². The molecule has 0 aromatic heterocycles. The molecule has 86 valence electrons. The molecule has 0 aliphatic carbocycles. The Bertz CT molecular complexity index is 425. The fourth-order valence-corrected chi connectivity index (χ4v) is 2.35. The summed E-state index contributed by atoms with van der Waals surface area (Å²) in [5, 5.41) is 6.45. The quantitative estimate of drug-likeness (QED) is 0.784. The first-order chi connectivity index (χ1) is 7.49. The smallest absolute Gasteiger partial charge is 0.124 e. The summed E-state index contributed by atoms with van der Waals surface area (Å²) >= 11 is 0. The second-order valence-corrected chi connectivity index (χ2v) is 4.76. The maximum Gasteiger partial charge on any atom is 0.124 e. The van der Waals surface area contributed by atoms with Crippen molar-refractivity contribution in [1.29, 1.82) is 0 Å². The normalized spacial score (nSPS) is 20.1. The van der Waals surface area contributed by atoms with Crippen LogP contribution in [0.2, 0.25) is 0 Å². The number of aryl methyl sites for hydroxylation is 3. The highest BCUT2D eigenvalue weighted by molar-refractivity contribution is 5.86. The van der Waals surface area contributed by atoms with Crippen molar-refractivity contribution in [2.24, 2.45) is 16.8 Å². The van der Waals surface area contributed by atoms with Gasteiger partial charge in [-0.3, -0.25) is 5.01 Å². The Labute approximate surface area is 96.9 Å². The molecule has 3 heteroatoms. The number of hydrazone groups is 1. The first-order valence-corrected chi connectivity index (χ1v) is 5.68. The average molecular weight is 217 g/mol. The number of amidine groups is 1. The molecule has 1 aliphatic rings. The van der Waals surface area contributed by atoms with Gasteiger partial charge in [0.2, 0.25) is 0 Å². The van der Waals surface area contributed by atoms with Gasteiger partial charge in [-0.15, -0.1) is 0 Å². The van der Waals surface area contributed by atoms with Gasteiger partial charge in [-0.1, -0.05) is 24.6 Å². The van der Waals surface area contributed by atoms with Crippen molar-refractivity contribution in [2.45, 2.75) is 27.7 Å². The van der Waals surface area contributed by atoms with Crippen molar-refractivity contribution >= 4 is 11.5 Å². The van der Waals surface area contributed by atoms with Gasteiger partial charge in [0.15, 0.2) is 0 Å². The molecular formula is C13H19N3. The minimum absolute atomic E-state index is 0.347. The van der Waals surface area contributed by atoms with Crippen molar-refractivity contribution in [1.82, 2.24) is 0 Å². The molecule has 1 aliphatic heterocycles. The van der Waals surface area contributed by atoms with Gasteiger partial charge in [0, 0.05) is 5.92 Å². The Morgan fingerprint density at radius 3 is 2.25 bits per heavy atom. The fourth-order valence-electron chi connectivity index (χ4n) is 2.35. The fraction of sp³-hybridized carbons (Fsp3) is 0.462.